The lowest BCUT2D eigenvalue weighted by Crippen LogP contribution is -2.18. The number of rotatable bonds is 4. The molecule has 19 heavy (non-hydrogen) atoms. The van der Waals surface area contributed by atoms with E-state index in [9.17, 15) is 0 Å². The first-order valence-corrected chi connectivity index (χ1v) is 7.69. The number of nitrogens with one attached hydrogen (secondary N) is 1. The molecule has 1 atom stereocenters. The zero-order chi connectivity index (χ0) is 13.2. The predicted molar refractivity (Wildman–Crippen MR) is 80.0 cm³/mol. The summed E-state index contributed by atoms with van der Waals surface area (Å²) in [5.41, 5.74) is 5.48. The van der Waals surface area contributed by atoms with Gasteiger partial charge in [0, 0.05) is 19.0 Å². The van der Waals surface area contributed by atoms with E-state index in [-0.39, 0.29) is 0 Å². The van der Waals surface area contributed by atoms with Crippen molar-refractivity contribution in [2.45, 2.75) is 32.9 Å². The Morgan fingerprint density at radius 3 is 3.05 bits per heavy atom. The van der Waals surface area contributed by atoms with Crippen molar-refractivity contribution in [3.8, 4) is 5.75 Å². The van der Waals surface area contributed by atoms with E-state index in [4.69, 9.17) is 4.74 Å². The molecule has 2 heterocycles. The summed E-state index contributed by atoms with van der Waals surface area (Å²) in [5.74, 6) is 1.06. The van der Waals surface area contributed by atoms with E-state index < -0.39 is 0 Å². The Kier molecular flexibility index (Phi) is 3.58. The van der Waals surface area contributed by atoms with Crippen LogP contribution in [0.5, 0.6) is 5.75 Å². The lowest BCUT2D eigenvalue weighted by atomic mass is 10.0. The fourth-order valence-corrected chi connectivity index (χ4v) is 3.28. The molecule has 1 N–H and O–H groups in total. The third kappa shape index (κ3) is 2.67. The first kappa shape index (κ1) is 12.7. The zero-order valence-corrected chi connectivity index (χ0v) is 12.2. The molecule has 0 bridgehead atoms. The van der Waals surface area contributed by atoms with Crippen LogP contribution in [-0.4, -0.2) is 6.61 Å². The Balaban J connectivity index is 1.67. The largest absolute Gasteiger partial charge is 0.493 e. The monoisotopic (exact) mass is 273 g/mol. The molecule has 2 nitrogen and oxygen atoms in total. The summed E-state index contributed by atoms with van der Waals surface area (Å²) in [5, 5.41) is 8.03. The molecule has 1 unspecified atom stereocenters. The Morgan fingerprint density at radius 2 is 2.26 bits per heavy atom. The Bertz CT molecular complexity index is 576. The minimum absolute atomic E-state index is 0.366. The van der Waals surface area contributed by atoms with E-state index >= 15 is 0 Å². The summed E-state index contributed by atoms with van der Waals surface area (Å²) in [6.45, 7) is 6.16. The molecule has 0 radical (unpaired) electrons. The van der Waals surface area contributed by atoms with Gasteiger partial charge in [-0.2, -0.15) is 11.3 Å². The molecule has 3 heteroatoms. The van der Waals surface area contributed by atoms with Crippen LogP contribution >= 0.6 is 11.3 Å². The van der Waals surface area contributed by atoms with Crippen LogP contribution in [0.15, 0.2) is 29.0 Å². The number of hydrogen-bond acceptors (Lipinski definition) is 3. The average molecular weight is 273 g/mol. The van der Waals surface area contributed by atoms with Crippen molar-refractivity contribution in [2.24, 2.45) is 0 Å². The summed E-state index contributed by atoms with van der Waals surface area (Å²) < 4.78 is 5.55. The fourth-order valence-electron chi connectivity index (χ4n) is 2.42. The van der Waals surface area contributed by atoms with Crippen molar-refractivity contribution >= 4 is 11.3 Å². The van der Waals surface area contributed by atoms with E-state index in [2.05, 4.69) is 48.1 Å². The first-order valence-electron chi connectivity index (χ1n) is 6.74. The van der Waals surface area contributed by atoms with Gasteiger partial charge in [0.05, 0.1) is 6.61 Å². The quantitative estimate of drug-likeness (QED) is 0.914. The van der Waals surface area contributed by atoms with Crippen molar-refractivity contribution in [2.75, 3.05) is 6.61 Å². The highest BCUT2D eigenvalue weighted by Gasteiger charge is 2.14. The van der Waals surface area contributed by atoms with Gasteiger partial charge in [0.25, 0.3) is 0 Å². The standard InChI is InChI=1S/C16H19NOS/c1-11-9-19-10-15(11)8-17-12(2)13-3-4-16-14(7-13)5-6-18-16/h3-4,7,9-10,12,17H,5-6,8H2,1-2H3. The summed E-state index contributed by atoms with van der Waals surface area (Å²) in [4.78, 5) is 0. The summed E-state index contributed by atoms with van der Waals surface area (Å²) in [7, 11) is 0. The van der Waals surface area contributed by atoms with Gasteiger partial charge in [-0.25, -0.2) is 0 Å². The number of benzene rings is 1. The number of hydrogen-bond donors (Lipinski definition) is 1. The molecule has 0 aliphatic carbocycles. The van der Waals surface area contributed by atoms with Crippen molar-refractivity contribution in [3.63, 3.8) is 0 Å². The molecule has 0 saturated carbocycles. The molecule has 0 amide bonds. The highest BCUT2D eigenvalue weighted by Crippen LogP contribution is 2.28. The molecule has 2 aromatic rings. The molecule has 3 rings (SSSR count). The van der Waals surface area contributed by atoms with Gasteiger partial charge in [-0.05, 0) is 52.9 Å². The lowest BCUT2D eigenvalue weighted by Gasteiger charge is -2.15. The van der Waals surface area contributed by atoms with Gasteiger partial charge >= 0.3 is 0 Å². The third-order valence-corrected chi connectivity index (χ3v) is 4.68. The van der Waals surface area contributed by atoms with Crippen molar-refractivity contribution in [1.82, 2.24) is 5.32 Å². The number of ether oxygens (including phenoxy) is 1. The van der Waals surface area contributed by atoms with E-state index in [1.807, 2.05) is 0 Å². The van der Waals surface area contributed by atoms with Crippen molar-refractivity contribution in [3.05, 3.63) is 51.2 Å². The van der Waals surface area contributed by atoms with Gasteiger partial charge in [0.1, 0.15) is 5.75 Å². The molecule has 1 aliphatic rings. The highest BCUT2D eigenvalue weighted by atomic mass is 32.1. The van der Waals surface area contributed by atoms with E-state index in [0.717, 1.165) is 25.3 Å². The first-order chi connectivity index (χ1) is 9.24. The second-order valence-electron chi connectivity index (χ2n) is 5.15. The van der Waals surface area contributed by atoms with Gasteiger partial charge < -0.3 is 10.1 Å². The van der Waals surface area contributed by atoms with Crippen LogP contribution < -0.4 is 10.1 Å². The minimum Gasteiger partial charge on any atom is -0.493 e. The predicted octanol–water partition coefficient (Wildman–Crippen LogP) is 3.84. The second-order valence-corrected chi connectivity index (χ2v) is 5.89. The number of aryl methyl sites for hydroxylation is 1. The smallest absolute Gasteiger partial charge is 0.122 e. The molecule has 0 fully saturated rings. The van der Waals surface area contributed by atoms with E-state index in [1.165, 1.54) is 22.3 Å². The minimum atomic E-state index is 0.366. The normalized spacial score (nSPS) is 15.1. The van der Waals surface area contributed by atoms with Gasteiger partial charge in [0.15, 0.2) is 0 Å². The second kappa shape index (κ2) is 5.35. The molecular formula is C16H19NOS. The molecule has 0 saturated heterocycles. The van der Waals surface area contributed by atoms with Crippen LogP contribution in [0.4, 0.5) is 0 Å². The summed E-state index contributed by atoms with van der Waals surface area (Å²) in [6, 6.07) is 6.92. The van der Waals surface area contributed by atoms with Crippen LogP contribution in [0, 0.1) is 6.92 Å². The number of fused-ring (bicyclic) bond motifs is 1. The molecule has 1 aromatic heterocycles. The van der Waals surface area contributed by atoms with Crippen LogP contribution in [0.3, 0.4) is 0 Å². The Hall–Kier alpha value is -1.32. The lowest BCUT2D eigenvalue weighted by molar-refractivity contribution is 0.356. The maximum Gasteiger partial charge on any atom is 0.122 e. The highest BCUT2D eigenvalue weighted by molar-refractivity contribution is 7.08. The molecule has 100 valence electrons. The van der Waals surface area contributed by atoms with Crippen molar-refractivity contribution < 1.29 is 4.74 Å². The van der Waals surface area contributed by atoms with Crippen molar-refractivity contribution in [1.29, 1.82) is 0 Å². The van der Waals surface area contributed by atoms with Crippen LogP contribution in [0.2, 0.25) is 0 Å². The SMILES string of the molecule is Cc1cscc1CNC(C)c1ccc2c(c1)CCO2. The summed E-state index contributed by atoms with van der Waals surface area (Å²) >= 11 is 1.77. The zero-order valence-electron chi connectivity index (χ0n) is 11.4. The van der Waals surface area contributed by atoms with Gasteiger partial charge in [0.2, 0.25) is 0 Å². The maximum absolute atomic E-state index is 5.55. The molecule has 1 aromatic carbocycles. The van der Waals surface area contributed by atoms with Crippen LogP contribution in [0.25, 0.3) is 0 Å². The maximum atomic E-state index is 5.55. The van der Waals surface area contributed by atoms with E-state index in [1.54, 1.807) is 11.3 Å². The summed E-state index contributed by atoms with van der Waals surface area (Å²) in [6.07, 6.45) is 1.04. The molecular weight excluding hydrogens is 254 g/mol. The number of thiophene rings is 1. The van der Waals surface area contributed by atoms with E-state index in [0.29, 0.717) is 6.04 Å². The van der Waals surface area contributed by atoms with Crippen LogP contribution in [0.1, 0.15) is 35.2 Å². The third-order valence-electron chi connectivity index (χ3n) is 3.77. The van der Waals surface area contributed by atoms with Gasteiger partial charge in [-0.3, -0.25) is 0 Å². The molecule has 0 spiro atoms. The average Bonchev–Trinajstić information content (AvgIpc) is 3.03. The fraction of sp³-hybridized carbons (Fsp3) is 0.375. The van der Waals surface area contributed by atoms with Gasteiger partial charge in [-0.1, -0.05) is 12.1 Å². The molecule has 1 aliphatic heterocycles. The topological polar surface area (TPSA) is 21.3 Å². The van der Waals surface area contributed by atoms with Crippen LogP contribution in [-0.2, 0) is 13.0 Å². The Morgan fingerprint density at radius 1 is 1.37 bits per heavy atom. The Labute approximate surface area is 118 Å². The van der Waals surface area contributed by atoms with Gasteiger partial charge in [-0.15, -0.1) is 0 Å².